The fourth-order valence-electron chi connectivity index (χ4n) is 5.19. The Bertz CT molecular complexity index is 1350. The number of hydrogen-bond donors (Lipinski definition) is 2. The van der Waals surface area contributed by atoms with E-state index in [4.69, 9.17) is 9.51 Å². The smallest absolute Gasteiger partial charge is 0.256 e. The molecule has 2 N–H and O–H groups in total. The molecule has 9 heteroatoms. The van der Waals surface area contributed by atoms with Crippen molar-refractivity contribution in [2.24, 2.45) is 0 Å². The van der Waals surface area contributed by atoms with Crippen molar-refractivity contribution in [1.29, 1.82) is 0 Å². The molecule has 1 saturated carbocycles. The van der Waals surface area contributed by atoms with Gasteiger partial charge in [0.25, 0.3) is 5.56 Å². The zero-order valence-corrected chi connectivity index (χ0v) is 19.6. The number of piperazine rings is 1. The molecule has 0 amide bonds. The maximum absolute atomic E-state index is 13.6. The van der Waals surface area contributed by atoms with Crippen LogP contribution >= 0.6 is 0 Å². The van der Waals surface area contributed by atoms with Crippen LogP contribution in [0.25, 0.3) is 11.0 Å². The van der Waals surface area contributed by atoms with Gasteiger partial charge in [0.05, 0.1) is 6.20 Å². The molecule has 2 fully saturated rings. The van der Waals surface area contributed by atoms with Gasteiger partial charge in [0.1, 0.15) is 11.4 Å². The largest absolute Gasteiger partial charge is 0.369 e. The van der Waals surface area contributed by atoms with Crippen LogP contribution in [0, 0.1) is 0 Å². The topological polar surface area (TPSA) is 101 Å². The Kier molecular flexibility index (Phi) is 5.91. The molecule has 35 heavy (non-hydrogen) atoms. The molecule has 1 saturated heterocycles. The minimum Gasteiger partial charge on any atom is -0.369 e. The first kappa shape index (κ1) is 21.8. The molecule has 9 nitrogen and oxygen atoms in total. The van der Waals surface area contributed by atoms with Gasteiger partial charge < -0.3 is 20.1 Å². The summed E-state index contributed by atoms with van der Waals surface area (Å²) in [5.41, 5.74) is 3.48. The van der Waals surface area contributed by atoms with E-state index in [1.807, 2.05) is 10.6 Å². The first-order valence-electron chi connectivity index (χ1n) is 12.4. The molecule has 0 unspecified atom stereocenters. The van der Waals surface area contributed by atoms with Crippen LogP contribution in [0.4, 0.5) is 17.3 Å². The van der Waals surface area contributed by atoms with Crippen LogP contribution in [-0.4, -0.2) is 45.9 Å². The van der Waals surface area contributed by atoms with Crippen LogP contribution in [0.3, 0.4) is 0 Å². The monoisotopic (exact) mass is 471 g/mol. The molecular formula is C26H29N7O2. The summed E-state index contributed by atoms with van der Waals surface area (Å²) in [6, 6.07) is 12.2. The predicted octanol–water partition coefficient (Wildman–Crippen LogP) is 3.64. The van der Waals surface area contributed by atoms with Gasteiger partial charge in [-0.2, -0.15) is 4.98 Å². The van der Waals surface area contributed by atoms with E-state index < -0.39 is 0 Å². The molecule has 6 rings (SSSR count). The maximum Gasteiger partial charge on any atom is 0.256 e. The van der Waals surface area contributed by atoms with Gasteiger partial charge in [-0.05, 0) is 43.2 Å². The number of nitrogens with one attached hydrogen (secondary N) is 2. The number of fused-ring (bicyclic) bond motifs is 1. The Hall–Kier alpha value is -3.72. The molecular weight excluding hydrogens is 442 g/mol. The Balaban J connectivity index is 1.32. The lowest BCUT2D eigenvalue weighted by Crippen LogP contribution is -2.43. The van der Waals surface area contributed by atoms with Crippen molar-refractivity contribution in [3.05, 3.63) is 70.5 Å². The molecule has 4 aromatic rings. The van der Waals surface area contributed by atoms with Crippen LogP contribution < -0.4 is 21.1 Å². The molecule has 0 radical (unpaired) electrons. The fraction of sp³-hybridized carbons (Fsp3) is 0.385. The van der Waals surface area contributed by atoms with E-state index in [-0.39, 0.29) is 11.6 Å². The second-order valence-electron chi connectivity index (χ2n) is 9.32. The standard InChI is InChI=1S/C26H29N7O2/c34-25-18(16-23-9-10-29-35-23)15-19-17-28-26(31-24(19)33(25)22-3-1-2-4-22)30-20-5-7-21(8-6-20)32-13-11-27-12-14-32/h5-10,15,17,22,27H,1-4,11-14,16H2,(H,28,30,31). The lowest BCUT2D eigenvalue weighted by atomic mass is 10.1. The van der Waals surface area contributed by atoms with E-state index in [0.29, 0.717) is 29.3 Å². The van der Waals surface area contributed by atoms with Crippen molar-refractivity contribution in [2.45, 2.75) is 38.1 Å². The molecule has 4 heterocycles. The summed E-state index contributed by atoms with van der Waals surface area (Å²) in [6.07, 6.45) is 8.03. The Morgan fingerprint density at radius 2 is 1.89 bits per heavy atom. The first-order valence-corrected chi connectivity index (χ1v) is 12.4. The highest BCUT2D eigenvalue weighted by Crippen LogP contribution is 2.31. The van der Waals surface area contributed by atoms with E-state index >= 15 is 0 Å². The Labute approximate surface area is 203 Å². The van der Waals surface area contributed by atoms with Crippen LogP contribution in [0.1, 0.15) is 43.0 Å². The third-order valence-corrected chi connectivity index (χ3v) is 7.00. The van der Waals surface area contributed by atoms with Gasteiger partial charge in [-0.15, -0.1) is 0 Å². The zero-order valence-electron chi connectivity index (χ0n) is 19.6. The maximum atomic E-state index is 13.6. The summed E-state index contributed by atoms with van der Waals surface area (Å²) >= 11 is 0. The summed E-state index contributed by atoms with van der Waals surface area (Å²) < 4.78 is 7.14. The summed E-state index contributed by atoms with van der Waals surface area (Å²) in [7, 11) is 0. The summed E-state index contributed by atoms with van der Waals surface area (Å²) in [5.74, 6) is 1.16. The molecule has 180 valence electrons. The highest BCUT2D eigenvalue weighted by Gasteiger charge is 2.23. The molecule has 1 aliphatic carbocycles. The average Bonchev–Trinajstić information content (AvgIpc) is 3.61. The van der Waals surface area contributed by atoms with Gasteiger partial charge in [0.2, 0.25) is 5.95 Å². The number of pyridine rings is 1. The van der Waals surface area contributed by atoms with Crippen LogP contribution in [0.15, 0.2) is 58.1 Å². The van der Waals surface area contributed by atoms with Crippen molar-refractivity contribution >= 4 is 28.4 Å². The fourth-order valence-corrected chi connectivity index (χ4v) is 5.19. The normalized spacial score (nSPS) is 16.7. The van der Waals surface area contributed by atoms with Crippen molar-refractivity contribution in [2.75, 3.05) is 36.4 Å². The van der Waals surface area contributed by atoms with E-state index in [0.717, 1.165) is 62.9 Å². The van der Waals surface area contributed by atoms with E-state index in [1.165, 1.54) is 5.69 Å². The molecule has 3 aromatic heterocycles. The van der Waals surface area contributed by atoms with Crippen LogP contribution in [0.2, 0.25) is 0 Å². The SMILES string of the molecule is O=c1c(Cc2ccno2)cc2cnc(Nc3ccc(N4CCNCC4)cc3)nc2n1C1CCCC1. The molecule has 0 bridgehead atoms. The highest BCUT2D eigenvalue weighted by molar-refractivity contribution is 5.77. The van der Waals surface area contributed by atoms with Crippen molar-refractivity contribution in [3.63, 3.8) is 0 Å². The Morgan fingerprint density at radius 3 is 2.63 bits per heavy atom. The van der Waals surface area contributed by atoms with E-state index in [2.05, 4.69) is 49.9 Å². The third kappa shape index (κ3) is 4.51. The molecule has 0 atom stereocenters. The highest BCUT2D eigenvalue weighted by atomic mass is 16.5. The predicted molar refractivity (Wildman–Crippen MR) is 135 cm³/mol. The lowest BCUT2D eigenvalue weighted by Gasteiger charge is -2.29. The van der Waals surface area contributed by atoms with Gasteiger partial charge >= 0.3 is 0 Å². The van der Waals surface area contributed by atoms with Gasteiger partial charge in [-0.3, -0.25) is 9.36 Å². The van der Waals surface area contributed by atoms with Gasteiger partial charge in [-0.1, -0.05) is 18.0 Å². The molecule has 1 aliphatic heterocycles. The number of benzene rings is 1. The second-order valence-corrected chi connectivity index (χ2v) is 9.32. The average molecular weight is 472 g/mol. The molecule has 2 aliphatic rings. The number of anilines is 3. The number of hydrogen-bond acceptors (Lipinski definition) is 8. The summed E-state index contributed by atoms with van der Waals surface area (Å²) in [5, 5.41) is 11.3. The molecule has 1 aromatic carbocycles. The zero-order chi connectivity index (χ0) is 23.6. The van der Waals surface area contributed by atoms with E-state index in [1.54, 1.807) is 18.5 Å². The van der Waals surface area contributed by atoms with Crippen molar-refractivity contribution < 1.29 is 4.52 Å². The van der Waals surface area contributed by atoms with Crippen LogP contribution in [0.5, 0.6) is 0 Å². The lowest BCUT2D eigenvalue weighted by molar-refractivity contribution is 0.389. The summed E-state index contributed by atoms with van der Waals surface area (Å²) in [6.45, 7) is 4.04. The first-order chi connectivity index (χ1) is 17.2. The van der Waals surface area contributed by atoms with Crippen molar-refractivity contribution in [1.82, 2.24) is 25.0 Å². The van der Waals surface area contributed by atoms with Gasteiger partial charge in [0.15, 0.2) is 0 Å². The van der Waals surface area contributed by atoms with Crippen LogP contribution in [-0.2, 0) is 6.42 Å². The summed E-state index contributed by atoms with van der Waals surface area (Å²) in [4.78, 5) is 25.3. The third-order valence-electron chi connectivity index (χ3n) is 7.00. The quantitative estimate of drug-likeness (QED) is 0.440. The number of nitrogens with zero attached hydrogens (tertiary/aromatic N) is 5. The number of rotatable bonds is 6. The molecule has 0 spiro atoms. The number of aromatic nitrogens is 4. The van der Waals surface area contributed by atoms with E-state index in [9.17, 15) is 4.79 Å². The van der Waals surface area contributed by atoms with Gasteiger partial charge in [-0.25, -0.2) is 4.98 Å². The minimum absolute atomic E-state index is 0.00850. The minimum atomic E-state index is -0.00850. The Morgan fingerprint density at radius 1 is 1.09 bits per heavy atom. The van der Waals surface area contributed by atoms with Crippen molar-refractivity contribution in [3.8, 4) is 0 Å². The second kappa shape index (κ2) is 9.50. The van der Waals surface area contributed by atoms with Gasteiger partial charge in [0, 0.05) is 73.2 Å².